The van der Waals surface area contributed by atoms with Gasteiger partial charge in [-0.3, -0.25) is 9.69 Å². The predicted octanol–water partition coefficient (Wildman–Crippen LogP) is 7.16. The number of imidazole rings is 1. The summed E-state index contributed by atoms with van der Waals surface area (Å²) in [5, 5.41) is 0.809. The van der Waals surface area contributed by atoms with Gasteiger partial charge in [0.05, 0.1) is 11.0 Å². The number of piperidine rings is 2. The van der Waals surface area contributed by atoms with E-state index in [1.807, 2.05) is 26.8 Å². The fourth-order valence-electron chi connectivity index (χ4n) is 7.90. The monoisotopic (exact) mass is 546 g/mol. The van der Waals surface area contributed by atoms with Crippen molar-refractivity contribution in [3.05, 3.63) is 64.9 Å². The molecule has 2 bridgehead atoms. The Hall–Kier alpha value is -2.37. The lowest BCUT2D eigenvalue weighted by Crippen LogP contribution is -2.50. The van der Waals surface area contributed by atoms with Gasteiger partial charge in [-0.2, -0.15) is 0 Å². The normalized spacial score (nSPS) is 25.4. The maximum Gasteiger partial charge on any atom is 0.227 e. The molecule has 0 aliphatic carbocycles. The first-order valence-electron chi connectivity index (χ1n) is 14.9. The van der Waals surface area contributed by atoms with Crippen LogP contribution < -0.4 is 0 Å². The van der Waals surface area contributed by atoms with Crippen LogP contribution in [0, 0.1) is 12.3 Å². The highest BCUT2D eigenvalue weighted by atomic mass is 35.5. The first-order valence-corrected chi connectivity index (χ1v) is 15.3. The summed E-state index contributed by atoms with van der Waals surface area (Å²) < 4.78 is 2.52. The van der Waals surface area contributed by atoms with Crippen molar-refractivity contribution in [3.8, 4) is 0 Å². The minimum Gasteiger partial charge on any atom is -0.342 e. The molecule has 1 amide bonds. The number of nitrogens with zero attached hydrogens (tertiary/aromatic N) is 4. The van der Waals surface area contributed by atoms with E-state index in [1.54, 1.807) is 0 Å². The predicted molar refractivity (Wildman–Crippen MR) is 159 cm³/mol. The molecule has 0 radical (unpaired) electrons. The van der Waals surface area contributed by atoms with E-state index in [4.69, 9.17) is 16.6 Å². The van der Waals surface area contributed by atoms with E-state index in [1.165, 1.54) is 36.8 Å². The zero-order chi connectivity index (χ0) is 27.4. The van der Waals surface area contributed by atoms with Gasteiger partial charge in [0.1, 0.15) is 5.82 Å². The molecule has 6 heteroatoms. The molecule has 208 valence electrons. The fourth-order valence-corrected chi connectivity index (χ4v) is 8.09. The third kappa shape index (κ3) is 5.02. The van der Waals surface area contributed by atoms with E-state index in [9.17, 15) is 4.79 Å². The number of aryl methyl sites for hydroxylation is 1. The minimum atomic E-state index is -0.335. The lowest BCUT2D eigenvalue weighted by molar-refractivity contribution is -0.141. The van der Waals surface area contributed by atoms with E-state index >= 15 is 0 Å². The van der Waals surface area contributed by atoms with Gasteiger partial charge in [0.2, 0.25) is 5.91 Å². The lowest BCUT2D eigenvalue weighted by atomic mass is 9.70. The van der Waals surface area contributed by atoms with Gasteiger partial charge in [0, 0.05) is 41.7 Å². The summed E-state index contributed by atoms with van der Waals surface area (Å²) in [4.78, 5) is 22.8. The highest BCUT2D eigenvalue weighted by Crippen LogP contribution is 2.45. The number of halogens is 1. The second-order valence-electron chi connectivity index (χ2n) is 13.3. The molecule has 0 unspecified atom stereocenters. The number of benzene rings is 2. The first-order chi connectivity index (χ1) is 18.6. The number of hydrogen-bond acceptors (Lipinski definition) is 3. The van der Waals surface area contributed by atoms with Gasteiger partial charge < -0.3 is 9.47 Å². The number of fused-ring (bicyclic) bond motifs is 3. The van der Waals surface area contributed by atoms with Crippen LogP contribution >= 0.6 is 11.6 Å². The van der Waals surface area contributed by atoms with Crippen LogP contribution in [0.25, 0.3) is 11.0 Å². The van der Waals surface area contributed by atoms with Crippen molar-refractivity contribution >= 4 is 28.5 Å². The second-order valence-corrected chi connectivity index (χ2v) is 13.8. The molecule has 3 aliphatic heterocycles. The molecule has 0 N–H and O–H groups in total. The molecule has 2 atom stereocenters. The molecule has 4 heterocycles. The maximum absolute atomic E-state index is 13.0. The minimum absolute atomic E-state index is 0.0625. The maximum atomic E-state index is 13.0. The van der Waals surface area contributed by atoms with Crippen LogP contribution in [-0.2, 0) is 10.2 Å². The van der Waals surface area contributed by atoms with Gasteiger partial charge >= 0.3 is 0 Å². The number of carbonyl (C=O) groups excluding carboxylic acids is 1. The molecule has 2 aromatic carbocycles. The van der Waals surface area contributed by atoms with Gasteiger partial charge in [-0.25, -0.2) is 4.98 Å². The molecular formula is C33H43ClN4O. The number of hydrogen-bond donors (Lipinski definition) is 0. The standard InChI is InChI=1S/C33H43ClN4O/c1-23-35-29-10-5-6-11-30(29)38(23)28-21-26-12-13-27(22-28)37(26)19-16-33(24-8-7-9-25(34)20-24)14-17-36(18-15-33)31(39)32(2,3)4/h5-11,20,26-28H,12-19,21-22H2,1-4H3/t26-,27-/m0/s1. The van der Waals surface area contributed by atoms with Crippen LogP contribution in [-0.4, -0.2) is 57.0 Å². The van der Waals surface area contributed by atoms with Crippen molar-refractivity contribution in [2.24, 2.45) is 5.41 Å². The fraction of sp³-hybridized carbons (Fsp3) is 0.576. The molecule has 3 fully saturated rings. The number of para-hydroxylation sites is 2. The summed E-state index contributed by atoms with van der Waals surface area (Å²) >= 11 is 6.51. The molecule has 0 saturated carbocycles. The van der Waals surface area contributed by atoms with Crippen LogP contribution in [0.15, 0.2) is 48.5 Å². The van der Waals surface area contributed by atoms with Crippen molar-refractivity contribution in [3.63, 3.8) is 0 Å². The quantitative estimate of drug-likeness (QED) is 0.341. The zero-order valence-corrected chi connectivity index (χ0v) is 24.8. The number of rotatable bonds is 5. The van der Waals surface area contributed by atoms with Crippen molar-refractivity contribution < 1.29 is 4.79 Å². The summed E-state index contributed by atoms with van der Waals surface area (Å²) in [6, 6.07) is 18.9. The molecular weight excluding hydrogens is 504 g/mol. The van der Waals surface area contributed by atoms with Crippen LogP contribution in [0.5, 0.6) is 0 Å². The van der Waals surface area contributed by atoms with Crippen molar-refractivity contribution in [1.82, 2.24) is 19.4 Å². The summed E-state index contributed by atoms with van der Waals surface area (Å²) in [5.74, 6) is 1.41. The van der Waals surface area contributed by atoms with Crippen molar-refractivity contribution in [1.29, 1.82) is 0 Å². The van der Waals surface area contributed by atoms with E-state index in [0.717, 1.165) is 55.3 Å². The highest BCUT2D eigenvalue weighted by Gasteiger charge is 2.44. The smallest absolute Gasteiger partial charge is 0.227 e. The first kappa shape index (κ1) is 26.8. The Bertz CT molecular complexity index is 1340. The third-order valence-electron chi connectivity index (χ3n) is 9.93. The Labute approximate surface area is 238 Å². The molecule has 3 saturated heterocycles. The number of likely N-dealkylation sites (tertiary alicyclic amines) is 1. The van der Waals surface area contributed by atoms with E-state index in [-0.39, 0.29) is 16.7 Å². The van der Waals surface area contributed by atoms with Gasteiger partial charge in [-0.1, -0.05) is 56.6 Å². The average molecular weight is 547 g/mol. The van der Waals surface area contributed by atoms with Gasteiger partial charge in [0.15, 0.2) is 0 Å². The van der Waals surface area contributed by atoms with Crippen LogP contribution in [0.4, 0.5) is 0 Å². The number of amides is 1. The number of aromatic nitrogens is 2. The van der Waals surface area contributed by atoms with Crippen molar-refractivity contribution in [2.75, 3.05) is 19.6 Å². The van der Waals surface area contributed by atoms with Crippen LogP contribution in [0.2, 0.25) is 5.02 Å². The van der Waals surface area contributed by atoms with E-state index in [2.05, 4.69) is 63.8 Å². The molecule has 1 aromatic heterocycles. The second kappa shape index (κ2) is 10.2. The molecule has 6 rings (SSSR count). The van der Waals surface area contributed by atoms with Gasteiger partial charge in [-0.15, -0.1) is 0 Å². The molecule has 3 aromatic rings. The van der Waals surface area contributed by atoms with Crippen LogP contribution in [0.1, 0.15) is 83.1 Å². The van der Waals surface area contributed by atoms with Gasteiger partial charge in [0.25, 0.3) is 0 Å². The average Bonchev–Trinajstić information content (AvgIpc) is 3.37. The van der Waals surface area contributed by atoms with Gasteiger partial charge in [-0.05, 0) is 93.7 Å². The van der Waals surface area contributed by atoms with Crippen LogP contribution in [0.3, 0.4) is 0 Å². The SMILES string of the molecule is Cc1nc2ccccc2n1C1C[C@@H]2CC[C@@H](C1)N2CCC1(c2cccc(Cl)c2)CCN(C(=O)C(C)(C)C)CC1. The summed E-state index contributed by atoms with van der Waals surface area (Å²) in [6.07, 6.45) is 8.12. The van der Waals surface area contributed by atoms with E-state index in [0.29, 0.717) is 18.1 Å². The van der Waals surface area contributed by atoms with E-state index < -0.39 is 0 Å². The Morgan fingerprint density at radius 2 is 1.69 bits per heavy atom. The zero-order valence-electron chi connectivity index (χ0n) is 24.0. The Morgan fingerprint density at radius 3 is 2.36 bits per heavy atom. The molecule has 39 heavy (non-hydrogen) atoms. The molecule has 0 spiro atoms. The molecule has 3 aliphatic rings. The van der Waals surface area contributed by atoms with Crippen molar-refractivity contribution in [2.45, 2.75) is 96.2 Å². The largest absolute Gasteiger partial charge is 0.342 e. The lowest BCUT2D eigenvalue weighted by Gasteiger charge is -2.46. The third-order valence-corrected chi connectivity index (χ3v) is 10.2. The summed E-state index contributed by atoms with van der Waals surface area (Å²) in [7, 11) is 0. The molecule has 5 nitrogen and oxygen atoms in total. The highest BCUT2D eigenvalue weighted by molar-refractivity contribution is 6.30. The summed E-state index contributed by atoms with van der Waals surface area (Å²) in [6.45, 7) is 11.0. The Balaban J connectivity index is 1.19. The topological polar surface area (TPSA) is 41.4 Å². The Kier molecular flexibility index (Phi) is 7.04. The Morgan fingerprint density at radius 1 is 1.00 bits per heavy atom. The number of carbonyl (C=O) groups is 1. The summed E-state index contributed by atoms with van der Waals surface area (Å²) in [5.41, 5.74) is 3.47.